The molecule has 2 N–H and O–H groups in total. The molecule has 2 aromatic heterocycles. The molecule has 0 aliphatic carbocycles. The van der Waals surface area contributed by atoms with Gasteiger partial charge in [0.2, 0.25) is 5.91 Å². The summed E-state index contributed by atoms with van der Waals surface area (Å²) in [6, 6.07) is 8.72. The molecule has 0 spiro atoms. The number of rotatable bonds is 6. The van der Waals surface area contributed by atoms with Crippen molar-refractivity contribution in [1.29, 1.82) is 0 Å². The summed E-state index contributed by atoms with van der Waals surface area (Å²) in [7, 11) is 1.54. The first-order valence-electron chi connectivity index (χ1n) is 8.88. The van der Waals surface area contributed by atoms with E-state index in [4.69, 9.17) is 16.3 Å². The van der Waals surface area contributed by atoms with E-state index >= 15 is 0 Å². The molecule has 3 rings (SSSR count). The maximum atomic E-state index is 12.2. The van der Waals surface area contributed by atoms with Crippen LogP contribution in [0.1, 0.15) is 33.0 Å². The van der Waals surface area contributed by atoms with Crippen molar-refractivity contribution in [3.63, 3.8) is 0 Å². The monoisotopic (exact) mass is 402 g/mol. The van der Waals surface area contributed by atoms with Gasteiger partial charge in [0.25, 0.3) is 0 Å². The van der Waals surface area contributed by atoms with E-state index in [1.807, 2.05) is 12.1 Å². The minimum atomic E-state index is -0.180. The number of nitrogens with one attached hydrogen (secondary N) is 2. The van der Waals surface area contributed by atoms with Gasteiger partial charge in [0, 0.05) is 23.4 Å². The van der Waals surface area contributed by atoms with Gasteiger partial charge in [-0.25, -0.2) is 0 Å². The van der Waals surface area contributed by atoms with Crippen LogP contribution in [-0.2, 0) is 10.2 Å². The summed E-state index contributed by atoms with van der Waals surface area (Å²) in [4.78, 5) is 12.2. The SMILES string of the molecule is COc1ccc(Cl)cc1NC(=O)CCNc1ccc2nnc(C(C)(C)C)n2n1. The van der Waals surface area contributed by atoms with Gasteiger partial charge in [-0.2, -0.15) is 4.52 Å². The Morgan fingerprint density at radius 3 is 2.71 bits per heavy atom. The standard InChI is InChI=1S/C19H23ClN6O2/c1-19(2,3)18-24-23-16-8-7-15(25-26(16)18)21-10-9-17(27)22-13-11-12(20)5-6-14(13)28-4/h5-8,11H,9-10H2,1-4H3,(H,21,25)(H,22,27). The summed E-state index contributed by atoms with van der Waals surface area (Å²) in [6.45, 7) is 6.58. The van der Waals surface area contributed by atoms with E-state index in [1.54, 1.807) is 29.8 Å². The van der Waals surface area contributed by atoms with Gasteiger partial charge in [-0.15, -0.1) is 15.3 Å². The third-order valence-electron chi connectivity index (χ3n) is 4.03. The van der Waals surface area contributed by atoms with Crippen molar-refractivity contribution < 1.29 is 9.53 Å². The summed E-state index contributed by atoms with van der Waals surface area (Å²) in [5, 5.41) is 19.4. The minimum Gasteiger partial charge on any atom is -0.495 e. The van der Waals surface area contributed by atoms with Gasteiger partial charge in [-0.05, 0) is 30.3 Å². The van der Waals surface area contributed by atoms with Crippen LogP contribution in [0.25, 0.3) is 5.65 Å². The van der Waals surface area contributed by atoms with Crippen LogP contribution in [0.2, 0.25) is 5.02 Å². The van der Waals surface area contributed by atoms with Crippen LogP contribution in [0.4, 0.5) is 11.5 Å². The number of benzene rings is 1. The molecular weight excluding hydrogens is 380 g/mol. The highest BCUT2D eigenvalue weighted by atomic mass is 35.5. The fourth-order valence-corrected chi connectivity index (χ4v) is 2.82. The zero-order valence-electron chi connectivity index (χ0n) is 16.3. The van der Waals surface area contributed by atoms with Crippen molar-refractivity contribution in [2.45, 2.75) is 32.6 Å². The van der Waals surface area contributed by atoms with Crippen LogP contribution in [-0.4, -0.2) is 39.4 Å². The van der Waals surface area contributed by atoms with E-state index in [0.717, 1.165) is 5.82 Å². The second-order valence-electron chi connectivity index (χ2n) is 7.33. The zero-order valence-corrected chi connectivity index (χ0v) is 17.0. The van der Waals surface area contributed by atoms with Gasteiger partial charge < -0.3 is 15.4 Å². The molecular formula is C19H23ClN6O2. The average Bonchev–Trinajstić information content (AvgIpc) is 3.05. The Balaban J connectivity index is 1.62. The first kappa shape index (κ1) is 19.9. The highest BCUT2D eigenvalue weighted by Gasteiger charge is 2.21. The van der Waals surface area contributed by atoms with Crippen molar-refractivity contribution in [3.8, 4) is 5.75 Å². The second-order valence-corrected chi connectivity index (χ2v) is 7.77. The Morgan fingerprint density at radius 1 is 1.21 bits per heavy atom. The smallest absolute Gasteiger partial charge is 0.226 e. The van der Waals surface area contributed by atoms with E-state index in [-0.39, 0.29) is 17.7 Å². The number of methoxy groups -OCH3 is 1. The van der Waals surface area contributed by atoms with Gasteiger partial charge in [-0.3, -0.25) is 4.79 Å². The van der Waals surface area contributed by atoms with E-state index in [2.05, 4.69) is 46.7 Å². The molecule has 0 bridgehead atoms. The molecule has 28 heavy (non-hydrogen) atoms. The fourth-order valence-electron chi connectivity index (χ4n) is 2.65. The number of carbonyl (C=O) groups is 1. The van der Waals surface area contributed by atoms with E-state index in [0.29, 0.717) is 34.5 Å². The summed E-state index contributed by atoms with van der Waals surface area (Å²) >= 11 is 5.98. The average molecular weight is 403 g/mol. The van der Waals surface area contributed by atoms with E-state index in [1.165, 1.54) is 0 Å². The normalized spacial score (nSPS) is 11.5. The Hall–Kier alpha value is -2.87. The van der Waals surface area contributed by atoms with Crippen molar-refractivity contribution in [3.05, 3.63) is 41.2 Å². The quantitative estimate of drug-likeness (QED) is 0.655. The molecule has 148 valence electrons. The van der Waals surface area contributed by atoms with Crippen molar-refractivity contribution in [2.24, 2.45) is 0 Å². The van der Waals surface area contributed by atoms with E-state index in [9.17, 15) is 4.79 Å². The topological polar surface area (TPSA) is 93.4 Å². The number of anilines is 2. The molecule has 1 aromatic carbocycles. The number of ether oxygens (including phenoxy) is 1. The predicted octanol–water partition coefficient (Wildman–Crippen LogP) is 3.52. The number of amides is 1. The lowest BCUT2D eigenvalue weighted by molar-refractivity contribution is -0.116. The van der Waals surface area contributed by atoms with Gasteiger partial charge in [0.1, 0.15) is 11.6 Å². The number of nitrogens with zero attached hydrogens (tertiary/aromatic N) is 4. The third kappa shape index (κ3) is 4.51. The maximum Gasteiger partial charge on any atom is 0.226 e. The molecule has 0 radical (unpaired) electrons. The molecule has 0 fully saturated rings. The number of halogens is 1. The summed E-state index contributed by atoms with van der Waals surface area (Å²) in [6.07, 6.45) is 0.254. The molecule has 0 aliphatic heterocycles. The Bertz CT molecular complexity index is 996. The van der Waals surface area contributed by atoms with Crippen LogP contribution in [0.15, 0.2) is 30.3 Å². The van der Waals surface area contributed by atoms with Gasteiger partial charge in [0.05, 0.1) is 12.8 Å². The predicted molar refractivity (Wildman–Crippen MR) is 109 cm³/mol. The number of aromatic nitrogens is 4. The molecule has 3 aromatic rings. The van der Waals surface area contributed by atoms with Crippen LogP contribution < -0.4 is 15.4 Å². The van der Waals surface area contributed by atoms with Crippen LogP contribution in [0.5, 0.6) is 5.75 Å². The van der Waals surface area contributed by atoms with Crippen LogP contribution in [0, 0.1) is 0 Å². The lowest BCUT2D eigenvalue weighted by Crippen LogP contribution is -2.19. The second kappa shape index (κ2) is 8.02. The maximum absolute atomic E-state index is 12.2. The van der Waals surface area contributed by atoms with Crippen molar-refractivity contribution in [2.75, 3.05) is 24.3 Å². The molecule has 0 unspecified atom stereocenters. The van der Waals surface area contributed by atoms with Crippen LogP contribution in [0.3, 0.4) is 0 Å². The summed E-state index contributed by atoms with van der Waals surface area (Å²) < 4.78 is 6.95. The molecule has 0 aliphatic rings. The summed E-state index contributed by atoms with van der Waals surface area (Å²) in [5.74, 6) is 1.82. The molecule has 9 heteroatoms. The number of hydrogen-bond donors (Lipinski definition) is 2. The summed E-state index contributed by atoms with van der Waals surface area (Å²) in [5.41, 5.74) is 1.04. The lowest BCUT2D eigenvalue weighted by atomic mass is 9.96. The first-order valence-corrected chi connectivity index (χ1v) is 9.26. The highest BCUT2D eigenvalue weighted by Crippen LogP contribution is 2.27. The lowest BCUT2D eigenvalue weighted by Gasteiger charge is -2.15. The first-order chi connectivity index (χ1) is 13.3. The molecule has 8 nitrogen and oxygen atoms in total. The molecule has 0 atom stereocenters. The number of fused-ring (bicyclic) bond motifs is 1. The minimum absolute atomic E-state index is 0.158. The van der Waals surface area contributed by atoms with Gasteiger partial charge in [0.15, 0.2) is 11.5 Å². The van der Waals surface area contributed by atoms with E-state index < -0.39 is 0 Å². The van der Waals surface area contributed by atoms with Crippen molar-refractivity contribution in [1.82, 2.24) is 19.8 Å². The molecule has 1 amide bonds. The molecule has 2 heterocycles. The largest absolute Gasteiger partial charge is 0.495 e. The fraction of sp³-hybridized carbons (Fsp3) is 0.368. The Morgan fingerprint density at radius 2 is 2.00 bits per heavy atom. The number of carbonyl (C=O) groups excluding carboxylic acids is 1. The van der Waals surface area contributed by atoms with Gasteiger partial charge >= 0.3 is 0 Å². The zero-order chi connectivity index (χ0) is 20.3. The van der Waals surface area contributed by atoms with Crippen LogP contribution >= 0.6 is 11.6 Å². The molecule has 0 saturated heterocycles. The Kier molecular flexibility index (Phi) is 5.69. The van der Waals surface area contributed by atoms with Crippen molar-refractivity contribution >= 4 is 34.7 Å². The highest BCUT2D eigenvalue weighted by molar-refractivity contribution is 6.31. The third-order valence-corrected chi connectivity index (χ3v) is 4.26. The number of hydrogen-bond acceptors (Lipinski definition) is 6. The Labute approximate surface area is 168 Å². The molecule has 0 saturated carbocycles. The van der Waals surface area contributed by atoms with Gasteiger partial charge in [-0.1, -0.05) is 32.4 Å².